The van der Waals surface area contributed by atoms with Crippen LogP contribution in [0.15, 0.2) is 41.3 Å². The molecule has 2 N–H and O–H groups in total. The molecule has 1 heterocycles. The van der Waals surface area contributed by atoms with Crippen LogP contribution in [-0.4, -0.2) is 17.1 Å². The molecule has 1 aromatic carbocycles. The number of imide groups is 1. The Hall–Kier alpha value is -2.08. The number of carbonyl (C=O) groups is 3. The highest BCUT2D eigenvalue weighted by Crippen LogP contribution is 2.22. The monoisotopic (exact) mass is 262 g/mol. The minimum atomic E-state index is -0.528. The standard InChI is InChI=1S/C12H10N2O3S/c15-10(6-9-11(16)14-12(17)18-9)13-7-8-4-2-1-3-5-8/h1-6H,7H2,(H,13,15)(H,14,16,17). The van der Waals surface area contributed by atoms with Crippen molar-refractivity contribution in [2.75, 3.05) is 0 Å². The number of carbonyl (C=O) groups excluding carboxylic acids is 3. The van der Waals surface area contributed by atoms with Crippen LogP contribution in [0.4, 0.5) is 4.79 Å². The van der Waals surface area contributed by atoms with Crippen LogP contribution in [0, 0.1) is 0 Å². The Bertz CT molecular complexity index is 525. The summed E-state index contributed by atoms with van der Waals surface area (Å²) in [6.45, 7) is 0.379. The molecule has 0 atom stereocenters. The highest BCUT2D eigenvalue weighted by Gasteiger charge is 2.25. The Morgan fingerprint density at radius 3 is 2.61 bits per heavy atom. The molecule has 2 rings (SSSR count). The molecule has 0 bridgehead atoms. The van der Waals surface area contributed by atoms with Gasteiger partial charge in [-0.3, -0.25) is 19.7 Å². The Kier molecular flexibility index (Phi) is 3.78. The first kappa shape index (κ1) is 12.4. The number of thioether (sulfide) groups is 1. The fourth-order valence-electron chi connectivity index (χ4n) is 1.38. The van der Waals surface area contributed by atoms with Crippen LogP contribution in [0.1, 0.15) is 5.56 Å². The predicted molar refractivity (Wildman–Crippen MR) is 67.5 cm³/mol. The van der Waals surface area contributed by atoms with Gasteiger partial charge in [0.1, 0.15) is 0 Å². The van der Waals surface area contributed by atoms with Crippen LogP contribution in [0.3, 0.4) is 0 Å². The maximum atomic E-state index is 11.5. The van der Waals surface area contributed by atoms with Gasteiger partial charge in [0.25, 0.3) is 11.1 Å². The molecule has 0 saturated carbocycles. The lowest BCUT2D eigenvalue weighted by atomic mass is 10.2. The van der Waals surface area contributed by atoms with Crippen LogP contribution in [0.2, 0.25) is 0 Å². The molecule has 0 unspecified atom stereocenters. The molecule has 6 heteroatoms. The SMILES string of the molecule is O=C(C=C1SC(=O)NC1=O)NCc1ccccc1. The van der Waals surface area contributed by atoms with E-state index >= 15 is 0 Å². The molecule has 1 fully saturated rings. The molecule has 1 saturated heterocycles. The van der Waals surface area contributed by atoms with Crippen LogP contribution >= 0.6 is 11.8 Å². The molecule has 0 aliphatic carbocycles. The third kappa shape index (κ3) is 3.21. The molecule has 18 heavy (non-hydrogen) atoms. The molecule has 3 amide bonds. The molecule has 92 valence electrons. The molecular weight excluding hydrogens is 252 g/mol. The van der Waals surface area contributed by atoms with E-state index in [0.717, 1.165) is 23.4 Å². The maximum Gasteiger partial charge on any atom is 0.290 e. The summed E-state index contributed by atoms with van der Waals surface area (Å²) < 4.78 is 0. The Labute approximate surface area is 108 Å². The van der Waals surface area contributed by atoms with Crippen molar-refractivity contribution in [3.8, 4) is 0 Å². The fraction of sp³-hybridized carbons (Fsp3) is 0.0833. The van der Waals surface area contributed by atoms with Crippen LogP contribution in [0.25, 0.3) is 0 Å². The lowest BCUT2D eigenvalue weighted by Gasteiger charge is -2.02. The highest BCUT2D eigenvalue weighted by atomic mass is 32.2. The Balaban J connectivity index is 1.91. The van der Waals surface area contributed by atoms with E-state index in [4.69, 9.17) is 0 Å². The molecule has 0 radical (unpaired) electrons. The van der Waals surface area contributed by atoms with Crippen molar-refractivity contribution >= 4 is 28.8 Å². The van der Waals surface area contributed by atoms with E-state index in [1.54, 1.807) is 0 Å². The molecule has 1 aliphatic rings. The number of hydrogen-bond donors (Lipinski definition) is 2. The first-order chi connectivity index (χ1) is 8.65. The van der Waals surface area contributed by atoms with Gasteiger partial charge in [0.15, 0.2) is 0 Å². The van der Waals surface area contributed by atoms with Crippen molar-refractivity contribution < 1.29 is 14.4 Å². The van der Waals surface area contributed by atoms with Gasteiger partial charge in [0.05, 0.1) is 4.91 Å². The largest absolute Gasteiger partial charge is 0.348 e. The van der Waals surface area contributed by atoms with Gasteiger partial charge in [-0.2, -0.15) is 0 Å². The summed E-state index contributed by atoms with van der Waals surface area (Å²) in [5, 5.41) is 4.27. The summed E-state index contributed by atoms with van der Waals surface area (Å²) in [5.41, 5.74) is 0.962. The number of hydrogen-bond acceptors (Lipinski definition) is 4. The molecular formula is C12H10N2O3S. The smallest absolute Gasteiger partial charge is 0.290 e. The lowest BCUT2D eigenvalue weighted by Crippen LogP contribution is -2.22. The molecule has 0 aromatic heterocycles. The first-order valence-electron chi connectivity index (χ1n) is 5.22. The van der Waals surface area contributed by atoms with Crippen molar-refractivity contribution in [1.29, 1.82) is 0 Å². The van der Waals surface area contributed by atoms with E-state index in [-0.39, 0.29) is 4.91 Å². The van der Waals surface area contributed by atoms with E-state index in [9.17, 15) is 14.4 Å². The second-order valence-electron chi connectivity index (χ2n) is 3.56. The van der Waals surface area contributed by atoms with Gasteiger partial charge in [-0.05, 0) is 17.3 Å². The van der Waals surface area contributed by atoms with E-state index in [0.29, 0.717) is 6.54 Å². The average molecular weight is 262 g/mol. The molecule has 1 aliphatic heterocycles. The van der Waals surface area contributed by atoms with E-state index < -0.39 is 17.1 Å². The van der Waals surface area contributed by atoms with Crippen molar-refractivity contribution in [1.82, 2.24) is 10.6 Å². The van der Waals surface area contributed by atoms with Crippen molar-refractivity contribution in [3.05, 3.63) is 46.9 Å². The zero-order valence-corrected chi connectivity index (χ0v) is 10.1. The summed E-state index contributed by atoms with van der Waals surface area (Å²) in [7, 11) is 0. The number of rotatable bonds is 3. The number of nitrogens with one attached hydrogen (secondary N) is 2. The van der Waals surface area contributed by atoms with Gasteiger partial charge in [-0.1, -0.05) is 30.3 Å². The van der Waals surface area contributed by atoms with Gasteiger partial charge in [-0.15, -0.1) is 0 Å². The minimum Gasteiger partial charge on any atom is -0.348 e. The van der Waals surface area contributed by atoms with Gasteiger partial charge in [0.2, 0.25) is 5.91 Å². The molecule has 0 spiro atoms. The summed E-state index contributed by atoms with van der Waals surface area (Å²) in [5.74, 6) is -0.925. The average Bonchev–Trinajstić information content (AvgIpc) is 2.67. The van der Waals surface area contributed by atoms with E-state index in [1.807, 2.05) is 30.3 Å². The van der Waals surface area contributed by atoms with Crippen molar-refractivity contribution in [2.45, 2.75) is 6.54 Å². The Morgan fingerprint density at radius 2 is 2.00 bits per heavy atom. The van der Waals surface area contributed by atoms with E-state index in [2.05, 4.69) is 10.6 Å². The topological polar surface area (TPSA) is 75.3 Å². The fourth-order valence-corrected chi connectivity index (χ4v) is 2.03. The lowest BCUT2D eigenvalue weighted by molar-refractivity contribution is -0.118. The van der Waals surface area contributed by atoms with Crippen LogP contribution in [0.5, 0.6) is 0 Å². The van der Waals surface area contributed by atoms with Crippen molar-refractivity contribution in [3.63, 3.8) is 0 Å². The van der Waals surface area contributed by atoms with E-state index in [1.165, 1.54) is 0 Å². The minimum absolute atomic E-state index is 0.116. The highest BCUT2D eigenvalue weighted by molar-refractivity contribution is 8.18. The molecule has 5 nitrogen and oxygen atoms in total. The van der Waals surface area contributed by atoms with Gasteiger partial charge < -0.3 is 5.32 Å². The third-order valence-corrected chi connectivity index (χ3v) is 3.02. The number of amides is 3. The van der Waals surface area contributed by atoms with Crippen LogP contribution in [-0.2, 0) is 16.1 Å². The first-order valence-corrected chi connectivity index (χ1v) is 6.03. The zero-order chi connectivity index (χ0) is 13.0. The normalized spacial score (nSPS) is 16.8. The van der Waals surface area contributed by atoms with Crippen LogP contribution < -0.4 is 10.6 Å². The second kappa shape index (κ2) is 5.50. The third-order valence-electron chi connectivity index (χ3n) is 2.21. The summed E-state index contributed by atoms with van der Waals surface area (Å²) >= 11 is 0.724. The predicted octanol–water partition coefficient (Wildman–Crippen LogP) is 1.17. The van der Waals surface area contributed by atoms with Crippen molar-refractivity contribution in [2.24, 2.45) is 0 Å². The molecule has 1 aromatic rings. The summed E-state index contributed by atoms with van der Waals surface area (Å²) in [4.78, 5) is 33.7. The number of benzene rings is 1. The maximum absolute atomic E-state index is 11.5. The summed E-state index contributed by atoms with van der Waals surface area (Å²) in [6, 6.07) is 9.40. The second-order valence-corrected chi connectivity index (χ2v) is 4.57. The van der Waals surface area contributed by atoms with Gasteiger partial charge >= 0.3 is 0 Å². The summed E-state index contributed by atoms with van der Waals surface area (Å²) in [6.07, 6.45) is 1.13. The zero-order valence-electron chi connectivity index (χ0n) is 9.30. The quantitative estimate of drug-likeness (QED) is 0.802. The Morgan fingerprint density at radius 1 is 1.28 bits per heavy atom. The van der Waals surface area contributed by atoms with Gasteiger partial charge in [0, 0.05) is 12.6 Å². The van der Waals surface area contributed by atoms with Gasteiger partial charge in [-0.25, -0.2) is 0 Å².